The molecule has 1 unspecified atom stereocenters. The fourth-order valence-corrected chi connectivity index (χ4v) is 1.77. The van der Waals surface area contributed by atoms with E-state index >= 15 is 0 Å². The molecule has 0 radical (unpaired) electrons. The first-order valence-corrected chi connectivity index (χ1v) is 4.56. The Labute approximate surface area is 88.9 Å². The van der Waals surface area contributed by atoms with E-state index in [9.17, 15) is 23.1 Å². The van der Waals surface area contributed by atoms with Gasteiger partial charge in [0.2, 0.25) is 0 Å². The van der Waals surface area contributed by atoms with Gasteiger partial charge in [-0.1, -0.05) is 18.2 Å². The van der Waals surface area contributed by atoms with Crippen LogP contribution in [-0.2, 0) is 4.79 Å². The first-order valence-electron chi connectivity index (χ1n) is 4.56. The Morgan fingerprint density at radius 2 is 2.19 bits per heavy atom. The standard InChI is InChI=1S/C10H8F3NO2/c11-10(12,13)9(16)14-7-4-8(15)6-3-1-2-5(6)7/h1-3,7,15H,4H2,(H,14,16)/p-1. The normalized spacial score (nSPS) is 23.4. The largest absolute Gasteiger partial charge is 0.875 e. The fraction of sp³-hybridized carbons (Fsp3) is 0.300. The van der Waals surface area contributed by atoms with Crippen molar-refractivity contribution in [2.24, 2.45) is 0 Å². The Balaban J connectivity index is 2.09. The first-order chi connectivity index (χ1) is 7.39. The maximum Gasteiger partial charge on any atom is 0.471 e. The summed E-state index contributed by atoms with van der Waals surface area (Å²) in [5.41, 5.74) is 0.857. The van der Waals surface area contributed by atoms with Gasteiger partial charge in [-0.15, -0.1) is 5.76 Å². The van der Waals surface area contributed by atoms with Gasteiger partial charge in [-0.2, -0.15) is 13.2 Å². The number of carbonyl (C=O) groups excluding carboxylic acids is 1. The monoisotopic (exact) mass is 230 g/mol. The van der Waals surface area contributed by atoms with E-state index in [0.717, 1.165) is 0 Å². The van der Waals surface area contributed by atoms with E-state index in [1.54, 1.807) is 17.5 Å². The van der Waals surface area contributed by atoms with Gasteiger partial charge in [-0.3, -0.25) is 4.79 Å². The molecule has 2 aliphatic rings. The highest BCUT2D eigenvalue weighted by atomic mass is 19.4. The predicted molar refractivity (Wildman–Crippen MR) is 46.9 cm³/mol. The number of carbonyl (C=O) groups is 1. The van der Waals surface area contributed by atoms with E-state index in [4.69, 9.17) is 0 Å². The summed E-state index contributed by atoms with van der Waals surface area (Å²) in [6.07, 6.45) is -0.362. The highest BCUT2D eigenvalue weighted by Gasteiger charge is 2.41. The summed E-state index contributed by atoms with van der Waals surface area (Å²) in [7, 11) is 0. The number of alkyl halides is 3. The Bertz CT molecular complexity index is 432. The molecule has 0 aromatic heterocycles. The topological polar surface area (TPSA) is 52.2 Å². The molecule has 6 heteroatoms. The third-order valence-corrected chi connectivity index (χ3v) is 2.48. The van der Waals surface area contributed by atoms with Crippen LogP contribution in [0.4, 0.5) is 13.2 Å². The first kappa shape index (κ1) is 10.8. The lowest BCUT2D eigenvalue weighted by Gasteiger charge is -2.16. The molecule has 3 nitrogen and oxygen atoms in total. The zero-order chi connectivity index (χ0) is 11.9. The SMILES string of the molecule is O=C(NC1CC([O-])=C2C=CC=C21)C(F)(F)F. The van der Waals surface area contributed by atoms with Crippen molar-refractivity contribution in [3.8, 4) is 0 Å². The van der Waals surface area contributed by atoms with Gasteiger partial charge < -0.3 is 10.4 Å². The van der Waals surface area contributed by atoms with Gasteiger partial charge >= 0.3 is 12.1 Å². The number of allylic oxidation sites excluding steroid dienone is 3. The lowest BCUT2D eigenvalue weighted by molar-refractivity contribution is -0.306. The minimum atomic E-state index is -4.92. The van der Waals surface area contributed by atoms with E-state index in [-0.39, 0.29) is 12.2 Å². The molecule has 0 heterocycles. The van der Waals surface area contributed by atoms with Crippen LogP contribution in [0.1, 0.15) is 6.42 Å². The van der Waals surface area contributed by atoms with Crippen LogP contribution in [0.3, 0.4) is 0 Å². The van der Waals surface area contributed by atoms with Gasteiger partial charge in [0, 0.05) is 0 Å². The second-order valence-corrected chi connectivity index (χ2v) is 3.55. The number of halogens is 3. The van der Waals surface area contributed by atoms with Crippen molar-refractivity contribution >= 4 is 5.91 Å². The molecule has 2 rings (SSSR count). The molecule has 1 N–H and O–H groups in total. The Morgan fingerprint density at radius 1 is 1.50 bits per heavy atom. The summed E-state index contributed by atoms with van der Waals surface area (Å²) in [5, 5.41) is 13.1. The van der Waals surface area contributed by atoms with Crippen LogP contribution in [0.5, 0.6) is 0 Å². The van der Waals surface area contributed by atoms with E-state index in [1.165, 1.54) is 6.08 Å². The van der Waals surface area contributed by atoms with Crippen LogP contribution in [0, 0.1) is 0 Å². The Hall–Kier alpha value is -1.72. The number of fused-ring (bicyclic) bond motifs is 1. The van der Waals surface area contributed by atoms with Crippen LogP contribution in [-0.4, -0.2) is 18.1 Å². The van der Waals surface area contributed by atoms with Crippen LogP contribution in [0.2, 0.25) is 0 Å². The molecule has 0 fully saturated rings. The third-order valence-electron chi connectivity index (χ3n) is 2.48. The number of hydrogen-bond donors (Lipinski definition) is 1. The van der Waals surface area contributed by atoms with Crippen LogP contribution < -0.4 is 10.4 Å². The van der Waals surface area contributed by atoms with E-state index < -0.39 is 18.1 Å². The van der Waals surface area contributed by atoms with Gasteiger partial charge in [0.25, 0.3) is 0 Å². The molecule has 86 valence electrons. The summed E-state index contributed by atoms with van der Waals surface area (Å²) in [5.74, 6) is -2.26. The predicted octanol–water partition coefficient (Wildman–Crippen LogP) is 0.548. The molecule has 0 bridgehead atoms. The summed E-state index contributed by atoms with van der Waals surface area (Å²) in [4.78, 5) is 10.7. The zero-order valence-corrected chi connectivity index (χ0v) is 7.97. The summed E-state index contributed by atoms with van der Waals surface area (Å²) < 4.78 is 36.0. The molecular formula is C10H7F3NO2-. The maximum atomic E-state index is 12.0. The molecule has 0 saturated carbocycles. The zero-order valence-electron chi connectivity index (χ0n) is 7.97. The van der Waals surface area contributed by atoms with Crippen molar-refractivity contribution < 1.29 is 23.1 Å². The number of hydrogen-bond acceptors (Lipinski definition) is 2. The summed E-state index contributed by atoms with van der Waals surface area (Å²) in [6, 6.07) is -0.855. The molecule has 16 heavy (non-hydrogen) atoms. The number of rotatable bonds is 1. The average Bonchev–Trinajstić information content (AvgIpc) is 2.70. The molecule has 0 aromatic rings. The fourth-order valence-electron chi connectivity index (χ4n) is 1.77. The van der Waals surface area contributed by atoms with E-state index in [0.29, 0.717) is 11.1 Å². The molecule has 0 spiro atoms. The molecule has 1 amide bonds. The minimum absolute atomic E-state index is 0.104. The van der Waals surface area contributed by atoms with E-state index in [2.05, 4.69) is 0 Å². The Kier molecular flexibility index (Phi) is 2.29. The van der Waals surface area contributed by atoms with Crippen molar-refractivity contribution in [2.75, 3.05) is 0 Å². The summed E-state index contributed by atoms with van der Waals surface area (Å²) >= 11 is 0. The van der Waals surface area contributed by atoms with Gasteiger partial charge in [0.15, 0.2) is 0 Å². The van der Waals surface area contributed by atoms with Crippen molar-refractivity contribution in [3.63, 3.8) is 0 Å². The van der Waals surface area contributed by atoms with Gasteiger partial charge in [-0.25, -0.2) is 0 Å². The lowest BCUT2D eigenvalue weighted by Crippen LogP contribution is -2.43. The van der Waals surface area contributed by atoms with Gasteiger partial charge in [-0.05, 0) is 17.6 Å². The van der Waals surface area contributed by atoms with Crippen molar-refractivity contribution in [1.29, 1.82) is 0 Å². The van der Waals surface area contributed by atoms with Gasteiger partial charge in [0.05, 0.1) is 6.04 Å². The van der Waals surface area contributed by atoms with Gasteiger partial charge in [0.1, 0.15) is 0 Å². The molecule has 0 aliphatic heterocycles. The maximum absolute atomic E-state index is 12.0. The molecule has 0 saturated heterocycles. The highest BCUT2D eigenvalue weighted by molar-refractivity contribution is 5.83. The number of amides is 1. The second kappa shape index (κ2) is 3.40. The quantitative estimate of drug-likeness (QED) is 0.715. The lowest BCUT2D eigenvalue weighted by atomic mass is 10.1. The molecule has 2 aliphatic carbocycles. The Morgan fingerprint density at radius 3 is 2.81 bits per heavy atom. The highest BCUT2D eigenvalue weighted by Crippen LogP contribution is 2.33. The van der Waals surface area contributed by atoms with Crippen LogP contribution in [0.15, 0.2) is 35.1 Å². The van der Waals surface area contributed by atoms with Crippen molar-refractivity contribution in [2.45, 2.75) is 18.6 Å². The van der Waals surface area contributed by atoms with Crippen LogP contribution >= 0.6 is 0 Å². The van der Waals surface area contributed by atoms with Crippen molar-refractivity contribution in [3.05, 3.63) is 35.1 Å². The second-order valence-electron chi connectivity index (χ2n) is 3.55. The van der Waals surface area contributed by atoms with Crippen LogP contribution in [0.25, 0.3) is 0 Å². The summed E-state index contributed by atoms with van der Waals surface area (Å²) in [6.45, 7) is 0. The number of nitrogens with one attached hydrogen (secondary N) is 1. The molecule has 0 aromatic carbocycles. The molecule has 1 atom stereocenters. The third kappa shape index (κ3) is 1.70. The van der Waals surface area contributed by atoms with E-state index in [1.807, 2.05) is 0 Å². The average molecular weight is 230 g/mol. The molecular weight excluding hydrogens is 223 g/mol. The smallest absolute Gasteiger partial charge is 0.471 e. The van der Waals surface area contributed by atoms with Crippen molar-refractivity contribution in [1.82, 2.24) is 5.32 Å². The minimum Gasteiger partial charge on any atom is -0.875 e.